The van der Waals surface area contributed by atoms with Crippen LogP contribution in [0.2, 0.25) is 0 Å². The highest BCUT2D eigenvalue weighted by Gasteiger charge is 2.46. The molecule has 2 N–H and O–H groups in total. The number of rotatable bonds is 7. The molecule has 4 rings (SSSR count). The number of nitrogens with one attached hydrogen (secondary N) is 2. The van der Waals surface area contributed by atoms with E-state index in [4.69, 9.17) is 9.47 Å². The second-order valence-corrected chi connectivity index (χ2v) is 9.21. The lowest BCUT2D eigenvalue weighted by Gasteiger charge is -2.42. The maximum Gasteiger partial charge on any atom is 0.248 e. The number of fused-ring (bicyclic) bond motifs is 1. The van der Waals surface area contributed by atoms with E-state index in [2.05, 4.69) is 10.6 Å². The minimum atomic E-state index is -1.44. The van der Waals surface area contributed by atoms with Gasteiger partial charge in [-0.05, 0) is 43.5 Å². The largest absolute Gasteiger partial charge is 0.497 e. The molecule has 1 aromatic carbocycles. The second-order valence-electron chi connectivity index (χ2n) is 9.21. The molecule has 186 valence electrons. The van der Waals surface area contributed by atoms with E-state index in [0.29, 0.717) is 37.2 Å². The number of hydrogen-bond acceptors (Lipinski definition) is 6. The summed E-state index contributed by atoms with van der Waals surface area (Å²) in [6, 6.07) is 6.27. The van der Waals surface area contributed by atoms with Gasteiger partial charge in [-0.15, -0.1) is 0 Å². The molecule has 34 heavy (non-hydrogen) atoms. The number of nitrogens with zero attached hydrogens (tertiary/aromatic N) is 1. The number of benzene rings is 1. The highest BCUT2D eigenvalue weighted by Crippen LogP contribution is 2.31. The van der Waals surface area contributed by atoms with Crippen LogP contribution in [0.25, 0.3) is 0 Å². The van der Waals surface area contributed by atoms with E-state index >= 15 is 0 Å². The van der Waals surface area contributed by atoms with Crippen molar-refractivity contribution in [2.75, 3.05) is 33.4 Å². The molecule has 2 amide bonds. The molecule has 5 atom stereocenters. The average Bonchev–Trinajstić information content (AvgIpc) is 2.84. The van der Waals surface area contributed by atoms with Gasteiger partial charge in [-0.25, -0.2) is 8.78 Å². The van der Waals surface area contributed by atoms with Gasteiger partial charge in [-0.2, -0.15) is 0 Å². The minimum Gasteiger partial charge on any atom is -0.497 e. The van der Waals surface area contributed by atoms with Crippen LogP contribution in [0.1, 0.15) is 36.0 Å². The molecule has 1 aromatic rings. The Morgan fingerprint density at radius 1 is 1.12 bits per heavy atom. The van der Waals surface area contributed by atoms with Gasteiger partial charge in [0.15, 0.2) is 5.78 Å². The number of hydrogen-bond donors (Lipinski definition) is 2. The summed E-state index contributed by atoms with van der Waals surface area (Å²) >= 11 is 0. The third-order valence-corrected chi connectivity index (χ3v) is 6.96. The van der Waals surface area contributed by atoms with Gasteiger partial charge < -0.3 is 19.7 Å². The number of ketones is 1. The maximum atomic E-state index is 14.2. The Balaban J connectivity index is 1.19. The number of carbonyl (C=O) groups excluding carboxylic acids is 3. The van der Waals surface area contributed by atoms with Gasteiger partial charge in [0.25, 0.3) is 0 Å². The molecule has 8 nitrogen and oxygen atoms in total. The van der Waals surface area contributed by atoms with E-state index in [9.17, 15) is 23.2 Å². The van der Waals surface area contributed by atoms with Gasteiger partial charge in [0.1, 0.15) is 30.9 Å². The summed E-state index contributed by atoms with van der Waals surface area (Å²) in [5.41, 5.74) is 0.633. The first-order valence-electron chi connectivity index (χ1n) is 11.7. The predicted molar refractivity (Wildman–Crippen MR) is 119 cm³/mol. The van der Waals surface area contributed by atoms with Crippen molar-refractivity contribution in [1.82, 2.24) is 15.5 Å². The Labute approximate surface area is 197 Å². The van der Waals surface area contributed by atoms with Crippen molar-refractivity contribution in [3.63, 3.8) is 0 Å². The van der Waals surface area contributed by atoms with Crippen molar-refractivity contribution in [2.24, 2.45) is 11.8 Å². The zero-order valence-corrected chi connectivity index (χ0v) is 19.2. The van der Waals surface area contributed by atoms with Crippen LogP contribution in [0.5, 0.6) is 5.75 Å². The van der Waals surface area contributed by atoms with Crippen LogP contribution in [-0.4, -0.2) is 80.5 Å². The van der Waals surface area contributed by atoms with Gasteiger partial charge in [0.05, 0.1) is 25.7 Å². The summed E-state index contributed by atoms with van der Waals surface area (Å²) in [6.07, 6.45) is -2.45. The molecule has 10 heteroatoms. The molecule has 3 aliphatic rings. The van der Waals surface area contributed by atoms with Gasteiger partial charge in [0.2, 0.25) is 11.8 Å². The molecule has 3 fully saturated rings. The van der Waals surface area contributed by atoms with Gasteiger partial charge in [0, 0.05) is 31.0 Å². The average molecular weight is 480 g/mol. The Bertz CT molecular complexity index is 891. The summed E-state index contributed by atoms with van der Waals surface area (Å²) in [7, 11) is 1.57. The topological polar surface area (TPSA) is 97.0 Å². The quantitative estimate of drug-likeness (QED) is 0.577. The third-order valence-electron chi connectivity index (χ3n) is 6.96. The number of ether oxygens (including phenoxy) is 2. The number of halogens is 2. The molecule has 2 heterocycles. The van der Waals surface area contributed by atoms with E-state index in [-0.39, 0.29) is 43.7 Å². The van der Waals surface area contributed by atoms with E-state index in [0.717, 1.165) is 0 Å². The highest BCUT2D eigenvalue weighted by atomic mass is 19.1. The molecule has 0 radical (unpaired) electrons. The third kappa shape index (κ3) is 5.55. The van der Waals surface area contributed by atoms with Crippen LogP contribution in [0, 0.1) is 11.8 Å². The lowest BCUT2D eigenvalue weighted by atomic mass is 9.80. The number of likely N-dealkylation sites (tertiary alicyclic amines) is 1. The summed E-state index contributed by atoms with van der Waals surface area (Å²) in [6.45, 7) is 0.749. The van der Waals surface area contributed by atoms with Crippen molar-refractivity contribution in [3.8, 4) is 5.75 Å². The molecule has 5 unspecified atom stereocenters. The molecular weight excluding hydrogens is 448 g/mol. The summed E-state index contributed by atoms with van der Waals surface area (Å²) in [4.78, 5) is 39.2. The predicted octanol–water partition coefficient (Wildman–Crippen LogP) is 1.63. The minimum absolute atomic E-state index is 0.00110. The normalized spacial score (nSPS) is 29.8. The number of piperidine rings is 1. The van der Waals surface area contributed by atoms with Crippen LogP contribution in [0.3, 0.4) is 0 Å². The Kier molecular flexibility index (Phi) is 7.77. The van der Waals surface area contributed by atoms with Crippen LogP contribution >= 0.6 is 0 Å². The number of alkyl halides is 2. The first-order chi connectivity index (χ1) is 16.4. The molecular formula is C24H31F2N3O5. The SMILES string of the molecule is COc1ccc(C(=O)C2CCN(C(=O)COCC3NC(=O)C4CC(F)CC(F)C4N3)CC2)cc1. The van der Waals surface area contributed by atoms with Crippen molar-refractivity contribution in [3.05, 3.63) is 29.8 Å². The van der Waals surface area contributed by atoms with Crippen LogP contribution < -0.4 is 15.4 Å². The van der Waals surface area contributed by atoms with Crippen LogP contribution in [0.15, 0.2) is 24.3 Å². The number of methoxy groups -OCH3 is 1. The maximum absolute atomic E-state index is 14.2. The Hall–Kier alpha value is -2.59. The second kappa shape index (κ2) is 10.8. The summed E-state index contributed by atoms with van der Waals surface area (Å²) in [5.74, 6) is -0.707. The Morgan fingerprint density at radius 2 is 1.82 bits per heavy atom. The zero-order valence-electron chi connectivity index (χ0n) is 19.2. The highest BCUT2D eigenvalue weighted by molar-refractivity contribution is 5.98. The van der Waals surface area contributed by atoms with E-state index in [1.54, 1.807) is 36.3 Å². The van der Waals surface area contributed by atoms with Crippen molar-refractivity contribution < 1.29 is 32.6 Å². The monoisotopic (exact) mass is 479 g/mol. The number of amides is 2. The van der Waals surface area contributed by atoms with E-state index in [1.807, 2.05) is 0 Å². The lowest BCUT2D eigenvalue weighted by molar-refractivity contribution is -0.139. The molecule has 0 aromatic heterocycles. The van der Waals surface area contributed by atoms with Gasteiger partial charge in [-0.3, -0.25) is 19.7 Å². The van der Waals surface area contributed by atoms with Gasteiger partial charge >= 0.3 is 0 Å². The number of Topliss-reactive ketones (excluding diaryl/α,β-unsaturated/α-hetero) is 1. The van der Waals surface area contributed by atoms with Gasteiger partial charge in [-0.1, -0.05) is 0 Å². The van der Waals surface area contributed by atoms with Crippen molar-refractivity contribution >= 4 is 17.6 Å². The molecule has 0 spiro atoms. The molecule has 1 aliphatic carbocycles. The standard InChI is InChI=1S/C24H31F2N3O5/c1-33-17-4-2-14(3-5-17)23(31)15-6-8-29(9-7-15)21(30)13-34-12-20-27-22-18(24(32)28-20)10-16(25)11-19(22)26/h2-5,15-16,18-20,22,27H,6-13H2,1H3,(H,28,32). The van der Waals surface area contributed by atoms with E-state index < -0.39 is 36.4 Å². The van der Waals surface area contributed by atoms with Crippen molar-refractivity contribution in [1.29, 1.82) is 0 Å². The molecule has 0 bridgehead atoms. The molecule has 1 saturated carbocycles. The molecule has 2 aliphatic heterocycles. The smallest absolute Gasteiger partial charge is 0.248 e. The fraction of sp³-hybridized carbons (Fsp3) is 0.625. The lowest BCUT2D eigenvalue weighted by Crippen LogP contribution is -2.67. The fourth-order valence-corrected chi connectivity index (χ4v) is 5.03. The van der Waals surface area contributed by atoms with Crippen LogP contribution in [0.4, 0.5) is 8.78 Å². The fourth-order valence-electron chi connectivity index (χ4n) is 5.03. The van der Waals surface area contributed by atoms with E-state index in [1.165, 1.54) is 0 Å². The first-order valence-corrected chi connectivity index (χ1v) is 11.7. The Morgan fingerprint density at radius 3 is 2.50 bits per heavy atom. The van der Waals surface area contributed by atoms with Crippen LogP contribution in [-0.2, 0) is 14.3 Å². The summed E-state index contributed by atoms with van der Waals surface area (Å²) < 4.78 is 38.4. The molecule has 2 saturated heterocycles. The summed E-state index contributed by atoms with van der Waals surface area (Å²) in [5, 5.41) is 5.65. The first kappa shape index (κ1) is 24.5. The van der Waals surface area contributed by atoms with Crippen molar-refractivity contribution in [2.45, 2.75) is 50.2 Å². The zero-order chi connectivity index (χ0) is 24.2. The number of carbonyl (C=O) groups is 3.